The molecule has 0 bridgehead atoms. The third-order valence-corrected chi connectivity index (χ3v) is 4.68. The van der Waals surface area contributed by atoms with Gasteiger partial charge in [0.2, 0.25) is 5.78 Å². The standard InChI is InChI=1S/C20H22N4O5/c1-3-8-24-18(21)17(19(27)23(2)20(24)28)15(25)11-29-16(26)9-12-10-22-14-7-5-4-6-13(12)14/h4-7,10,22H,3,8-9,11,21H2,1-2H3. The number of hydrogen-bond acceptors (Lipinski definition) is 6. The number of carbonyl (C=O) groups is 2. The molecule has 0 saturated heterocycles. The van der Waals surface area contributed by atoms with Gasteiger partial charge in [-0.15, -0.1) is 0 Å². The highest BCUT2D eigenvalue weighted by atomic mass is 16.5. The fourth-order valence-electron chi connectivity index (χ4n) is 3.19. The molecule has 0 aliphatic rings. The van der Waals surface area contributed by atoms with E-state index in [1.807, 2.05) is 31.2 Å². The predicted molar refractivity (Wildman–Crippen MR) is 108 cm³/mol. The Morgan fingerprint density at radius 3 is 2.66 bits per heavy atom. The topological polar surface area (TPSA) is 129 Å². The second kappa shape index (κ2) is 8.17. The maximum Gasteiger partial charge on any atom is 0.332 e. The lowest BCUT2D eigenvalue weighted by Crippen LogP contribution is -2.43. The van der Waals surface area contributed by atoms with Crippen LogP contribution in [0.5, 0.6) is 0 Å². The van der Waals surface area contributed by atoms with Crippen LogP contribution in [0.4, 0.5) is 5.82 Å². The molecule has 0 amide bonds. The number of rotatable bonds is 7. The van der Waals surface area contributed by atoms with Crippen molar-refractivity contribution in [3.05, 3.63) is 62.4 Å². The molecule has 2 heterocycles. The minimum Gasteiger partial charge on any atom is -0.457 e. The van der Waals surface area contributed by atoms with Gasteiger partial charge in [-0.3, -0.25) is 23.5 Å². The number of benzene rings is 1. The van der Waals surface area contributed by atoms with Gasteiger partial charge in [0.25, 0.3) is 5.56 Å². The van der Waals surface area contributed by atoms with E-state index in [1.165, 1.54) is 11.6 Å². The third kappa shape index (κ3) is 3.84. The highest BCUT2D eigenvalue weighted by Gasteiger charge is 2.22. The minimum absolute atomic E-state index is 0.0277. The molecule has 2 aromatic heterocycles. The van der Waals surface area contributed by atoms with E-state index in [-0.39, 0.29) is 24.3 Å². The largest absolute Gasteiger partial charge is 0.457 e. The van der Waals surface area contributed by atoms with Crippen LogP contribution in [0.3, 0.4) is 0 Å². The van der Waals surface area contributed by atoms with E-state index < -0.39 is 29.6 Å². The van der Waals surface area contributed by atoms with Crippen molar-refractivity contribution >= 4 is 28.5 Å². The van der Waals surface area contributed by atoms with Crippen LogP contribution in [-0.4, -0.2) is 32.5 Å². The normalized spacial score (nSPS) is 11.0. The Hall–Kier alpha value is -3.62. The average Bonchev–Trinajstić information content (AvgIpc) is 3.11. The first-order chi connectivity index (χ1) is 13.8. The Labute approximate surface area is 165 Å². The molecule has 0 aliphatic carbocycles. The molecular weight excluding hydrogens is 376 g/mol. The van der Waals surface area contributed by atoms with Crippen LogP contribution in [0.15, 0.2) is 40.1 Å². The second-order valence-corrected chi connectivity index (χ2v) is 6.68. The van der Waals surface area contributed by atoms with Gasteiger partial charge in [0, 0.05) is 30.7 Å². The molecule has 0 spiro atoms. The van der Waals surface area contributed by atoms with Gasteiger partial charge >= 0.3 is 11.7 Å². The lowest BCUT2D eigenvalue weighted by molar-refractivity contribution is -0.141. The summed E-state index contributed by atoms with van der Waals surface area (Å²) in [7, 11) is 1.27. The summed E-state index contributed by atoms with van der Waals surface area (Å²) in [6, 6.07) is 7.50. The summed E-state index contributed by atoms with van der Waals surface area (Å²) in [6.45, 7) is 1.47. The summed E-state index contributed by atoms with van der Waals surface area (Å²) in [6.07, 6.45) is 2.28. The molecule has 0 fully saturated rings. The quantitative estimate of drug-likeness (QED) is 0.451. The van der Waals surface area contributed by atoms with Crippen LogP contribution in [0.1, 0.15) is 29.3 Å². The Morgan fingerprint density at radius 2 is 1.93 bits per heavy atom. The SMILES string of the molecule is CCCn1c(N)c(C(=O)COC(=O)Cc2c[nH]c3ccccc23)c(=O)n(C)c1=O. The number of nitrogens with zero attached hydrogens (tertiary/aromatic N) is 2. The molecule has 0 unspecified atom stereocenters. The molecule has 0 atom stereocenters. The number of aromatic amines is 1. The Kier molecular flexibility index (Phi) is 5.67. The molecule has 152 valence electrons. The van der Waals surface area contributed by atoms with Gasteiger partial charge in [0.05, 0.1) is 6.42 Å². The molecule has 3 N–H and O–H groups in total. The maximum atomic E-state index is 12.5. The van der Waals surface area contributed by atoms with Crippen molar-refractivity contribution in [1.82, 2.24) is 14.1 Å². The van der Waals surface area contributed by atoms with E-state index in [9.17, 15) is 19.2 Å². The van der Waals surface area contributed by atoms with Crippen molar-refractivity contribution in [2.45, 2.75) is 26.3 Å². The lowest BCUT2D eigenvalue weighted by atomic mass is 10.1. The first-order valence-corrected chi connectivity index (χ1v) is 9.18. The zero-order chi connectivity index (χ0) is 21.1. The van der Waals surface area contributed by atoms with Gasteiger partial charge in [-0.05, 0) is 18.1 Å². The number of Topliss-reactive ketones (excluding diaryl/α,β-unsaturated/α-hetero) is 1. The van der Waals surface area contributed by atoms with Gasteiger partial charge in [-0.25, -0.2) is 4.79 Å². The first-order valence-electron chi connectivity index (χ1n) is 9.18. The highest BCUT2D eigenvalue weighted by Crippen LogP contribution is 2.18. The number of anilines is 1. The number of esters is 1. The van der Waals surface area contributed by atoms with Crippen molar-refractivity contribution in [1.29, 1.82) is 0 Å². The summed E-state index contributed by atoms with van der Waals surface area (Å²) < 4.78 is 7.06. The lowest BCUT2D eigenvalue weighted by Gasteiger charge is -2.13. The smallest absolute Gasteiger partial charge is 0.332 e. The van der Waals surface area contributed by atoms with Gasteiger partial charge in [0.15, 0.2) is 6.61 Å². The van der Waals surface area contributed by atoms with Crippen LogP contribution in [0.25, 0.3) is 10.9 Å². The van der Waals surface area contributed by atoms with E-state index >= 15 is 0 Å². The summed E-state index contributed by atoms with van der Waals surface area (Å²) in [5.41, 5.74) is 5.78. The zero-order valence-electron chi connectivity index (χ0n) is 16.2. The third-order valence-electron chi connectivity index (χ3n) is 4.68. The van der Waals surface area contributed by atoms with Crippen LogP contribution in [-0.2, 0) is 29.5 Å². The zero-order valence-corrected chi connectivity index (χ0v) is 16.2. The second-order valence-electron chi connectivity index (χ2n) is 6.68. The number of aromatic nitrogens is 3. The van der Waals surface area contributed by atoms with Crippen molar-refractivity contribution in [3.8, 4) is 0 Å². The number of hydrogen-bond donors (Lipinski definition) is 2. The predicted octanol–water partition coefficient (Wildman–Crippen LogP) is 0.989. The fourth-order valence-corrected chi connectivity index (χ4v) is 3.19. The van der Waals surface area contributed by atoms with E-state index in [4.69, 9.17) is 10.5 Å². The van der Waals surface area contributed by atoms with Crippen molar-refractivity contribution < 1.29 is 14.3 Å². The van der Waals surface area contributed by atoms with Crippen molar-refractivity contribution in [2.24, 2.45) is 7.05 Å². The summed E-state index contributed by atoms with van der Waals surface area (Å²) in [5, 5.41) is 0.889. The first kappa shape index (κ1) is 20.1. The number of para-hydroxylation sites is 1. The molecule has 29 heavy (non-hydrogen) atoms. The van der Waals surface area contributed by atoms with E-state index in [0.29, 0.717) is 6.42 Å². The van der Waals surface area contributed by atoms with E-state index in [2.05, 4.69) is 4.98 Å². The molecule has 3 rings (SSSR count). The number of ether oxygens (including phenoxy) is 1. The minimum atomic E-state index is -0.808. The maximum absolute atomic E-state index is 12.5. The fraction of sp³-hybridized carbons (Fsp3) is 0.300. The number of nitrogen functional groups attached to an aromatic ring is 1. The monoisotopic (exact) mass is 398 g/mol. The summed E-state index contributed by atoms with van der Waals surface area (Å²) in [4.78, 5) is 52.3. The van der Waals surface area contributed by atoms with Gasteiger partial charge in [-0.2, -0.15) is 0 Å². The number of nitrogens with two attached hydrogens (primary N) is 1. The average molecular weight is 398 g/mol. The van der Waals surface area contributed by atoms with E-state index in [0.717, 1.165) is 21.0 Å². The van der Waals surface area contributed by atoms with Gasteiger partial charge in [-0.1, -0.05) is 25.1 Å². The summed E-state index contributed by atoms with van der Waals surface area (Å²) >= 11 is 0. The summed E-state index contributed by atoms with van der Waals surface area (Å²) in [5.74, 6) is -1.57. The molecular formula is C20H22N4O5. The Bertz CT molecular complexity index is 1200. The number of ketones is 1. The number of nitrogens with one attached hydrogen (secondary N) is 1. The van der Waals surface area contributed by atoms with Crippen LogP contribution < -0.4 is 17.0 Å². The van der Waals surface area contributed by atoms with E-state index in [1.54, 1.807) is 6.20 Å². The van der Waals surface area contributed by atoms with Crippen LogP contribution >= 0.6 is 0 Å². The molecule has 1 aromatic carbocycles. The molecule has 9 heteroatoms. The van der Waals surface area contributed by atoms with Gasteiger partial charge < -0.3 is 15.5 Å². The molecule has 0 radical (unpaired) electrons. The number of fused-ring (bicyclic) bond motifs is 1. The molecule has 0 aliphatic heterocycles. The van der Waals surface area contributed by atoms with Crippen LogP contribution in [0.2, 0.25) is 0 Å². The van der Waals surface area contributed by atoms with Crippen molar-refractivity contribution in [2.75, 3.05) is 12.3 Å². The molecule has 3 aromatic rings. The Morgan fingerprint density at radius 1 is 1.21 bits per heavy atom. The highest BCUT2D eigenvalue weighted by molar-refractivity contribution is 6.01. The van der Waals surface area contributed by atoms with Crippen LogP contribution in [0, 0.1) is 0 Å². The van der Waals surface area contributed by atoms with Crippen molar-refractivity contribution in [3.63, 3.8) is 0 Å². The molecule has 0 saturated carbocycles. The number of H-pyrrole nitrogens is 1. The molecule has 9 nitrogen and oxygen atoms in total. The Balaban J connectivity index is 1.76. The van der Waals surface area contributed by atoms with Gasteiger partial charge in [0.1, 0.15) is 11.4 Å². The number of carbonyl (C=O) groups excluding carboxylic acids is 2.